The Hall–Kier alpha value is -1.87. The summed E-state index contributed by atoms with van der Waals surface area (Å²) < 4.78 is 18.2. The summed E-state index contributed by atoms with van der Waals surface area (Å²) in [4.78, 5) is 2.47. The van der Waals surface area contributed by atoms with Gasteiger partial charge in [0.25, 0.3) is 0 Å². The van der Waals surface area contributed by atoms with Crippen molar-refractivity contribution in [3.05, 3.63) is 65.5 Å². The fourth-order valence-corrected chi connectivity index (χ4v) is 3.04. The Morgan fingerprint density at radius 3 is 2.48 bits per heavy atom. The van der Waals surface area contributed by atoms with Crippen LogP contribution < -0.4 is 4.74 Å². The molecule has 1 saturated heterocycles. The van der Waals surface area contributed by atoms with Crippen LogP contribution in [0.25, 0.3) is 0 Å². The van der Waals surface area contributed by atoms with Crippen LogP contribution in [-0.4, -0.2) is 18.6 Å². The predicted molar refractivity (Wildman–Crippen MR) is 81.8 cm³/mol. The molecule has 1 heterocycles. The second kappa shape index (κ2) is 6.27. The Morgan fingerprint density at radius 1 is 1.10 bits per heavy atom. The Bertz CT molecular complexity index is 579. The Labute approximate surface area is 125 Å². The first-order valence-corrected chi connectivity index (χ1v) is 7.39. The van der Waals surface area contributed by atoms with Gasteiger partial charge in [-0.05, 0) is 54.8 Å². The normalized spacial score (nSPS) is 18.9. The summed E-state index contributed by atoms with van der Waals surface area (Å²) in [5, 5.41) is 0. The minimum atomic E-state index is -0.174. The average Bonchev–Trinajstić information content (AvgIpc) is 2.98. The van der Waals surface area contributed by atoms with E-state index in [4.69, 9.17) is 4.74 Å². The maximum absolute atomic E-state index is 13.0. The lowest BCUT2D eigenvalue weighted by molar-refractivity contribution is 0.248. The molecule has 1 aliphatic rings. The molecular weight excluding hydrogens is 265 g/mol. The van der Waals surface area contributed by atoms with Crippen LogP contribution in [0.15, 0.2) is 48.5 Å². The zero-order valence-corrected chi connectivity index (χ0v) is 12.3. The van der Waals surface area contributed by atoms with E-state index in [-0.39, 0.29) is 5.82 Å². The number of likely N-dealkylation sites (tertiary alicyclic amines) is 1. The number of rotatable bonds is 4. The van der Waals surface area contributed by atoms with Gasteiger partial charge in [0.05, 0.1) is 7.11 Å². The van der Waals surface area contributed by atoms with Crippen LogP contribution in [0.1, 0.15) is 30.0 Å². The smallest absolute Gasteiger partial charge is 0.123 e. The van der Waals surface area contributed by atoms with Gasteiger partial charge < -0.3 is 4.74 Å². The molecule has 2 aromatic carbocycles. The van der Waals surface area contributed by atoms with Crippen LogP contribution in [0, 0.1) is 5.82 Å². The minimum Gasteiger partial charge on any atom is -0.497 e. The van der Waals surface area contributed by atoms with Crippen molar-refractivity contribution in [1.82, 2.24) is 4.90 Å². The molecule has 2 aromatic rings. The summed E-state index contributed by atoms with van der Waals surface area (Å²) in [6, 6.07) is 15.6. The van der Waals surface area contributed by atoms with Gasteiger partial charge in [-0.15, -0.1) is 0 Å². The fraction of sp³-hybridized carbons (Fsp3) is 0.333. The molecule has 1 atom stereocenters. The van der Waals surface area contributed by atoms with Crippen molar-refractivity contribution in [1.29, 1.82) is 0 Å². The summed E-state index contributed by atoms with van der Waals surface area (Å²) >= 11 is 0. The molecule has 0 aromatic heterocycles. The fourth-order valence-electron chi connectivity index (χ4n) is 3.04. The van der Waals surface area contributed by atoms with Crippen LogP contribution in [0.5, 0.6) is 5.75 Å². The van der Waals surface area contributed by atoms with E-state index in [9.17, 15) is 4.39 Å². The van der Waals surface area contributed by atoms with Crippen LogP contribution in [0.3, 0.4) is 0 Å². The summed E-state index contributed by atoms with van der Waals surface area (Å²) in [6.07, 6.45) is 2.38. The third kappa shape index (κ3) is 3.24. The van der Waals surface area contributed by atoms with Crippen LogP contribution in [0.2, 0.25) is 0 Å². The highest BCUT2D eigenvalue weighted by Crippen LogP contribution is 2.33. The van der Waals surface area contributed by atoms with E-state index in [0.29, 0.717) is 6.04 Å². The van der Waals surface area contributed by atoms with E-state index < -0.39 is 0 Å². The van der Waals surface area contributed by atoms with Gasteiger partial charge in [-0.1, -0.05) is 24.3 Å². The molecule has 110 valence electrons. The molecule has 0 saturated carbocycles. The topological polar surface area (TPSA) is 12.5 Å². The Balaban J connectivity index is 1.73. The predicted octanol–water partition coefficient (Wildman–Crippen LogP) is 4.17. The lowest BCUT2D eigenvalue weighted by Crippen LogP contribution is -2.22. The van der Waals surface area contributed by atoms with Crippen molar-refractivity contribution in [3.8, 4) is 5.75 Å². The quantitative estimate of drug-likeness (QED) is 0.836. The maximum Gasteiger partial charge on any atom is 0.123 e. The van der Waals surface area contributed by atoms with Crippen LogP contribution in [-0.2, 0) is 6.54 Å². The van der Waals surface area contributed by atoms with E-state index >= 15 is 0 Å². The van der Waals surface area contributed by atoms with Crippen molar-refractivity contribution in [2.24, 2.45) is 0 Å². The molecule has 0 amide bonds. The van der Waals surface area contributed by atoms with Gasteiger partial charge in [0.15, 0.2) is 0 Å². The average molecular weight is 285 g/mol. The highest BCUT2D eigenvalue weighted by atomic mass is 19.1. The highest BCUT2D eigenvalue weighted by molar-refractivity contribution is 5.30. The molecular formula is C18H20FNO. The number of halogens is 1. The number of hydrogen-bond donors (Lipinski definition) is 0. The van der Waals surface area contributed by atoms with E-state index in [1.807, 2.05) is 24.3 Å². The SMILES string of the molecule is COc1ccc(C2CCCN2Cc2ccc(F)cc2)cc1. The third-order valence-corrected chi connectivity index (χ3v) is 4.16. The molecule has 1 aliphatic heterocycles. The molecule has 0 radical (unpaired) electrons. The molecule has 1 fully saturated rings. The summed E-state index contributed by atoms with van der Waals surface area (Å²) in [5.41, 5.74) is 2.49. The molecule has 0 bridgehead atoms. The Kier molecular flexibility index (Phi) is 4.20. The van der Waals surface area contributed by atoms with Crippen molar-refractivity contribution in [2.45, 2.75) is 25.4 Å². The van der Waals surface area contributed by atoms with Gasteiger partial charge in [0.2, 0.25) is 0 Å². The summed E-state index contributed by atoms with van der Waals surface area (Å²) in [6.45, 7) is 1.96. The Morgan fingerprint density at radius 2 is 1.81 bits per heavy atom. The molecule has 0 N–H and O–H groups in total. The van der Waals surface area contributed by atoms with Crippen LogP contribution in [0.4, 0.5) is 4.39 Å². The van der Waals surface area contributed by atoms with Gasteiger partial charge in [0.1, 0.15) is 11.6 Å². The standard InChI is InChI=1S/C18H20FNO/c1-21-17-10-6-15(7-11-17)18-3-2-12-20(18)13-14-4-8-16(19)9-5-14/h4-11,18H,2-3,12-13H2,1H3. The largest absolute Gasteiger partial charge is 0.497 e. The molecule has 3 heteroatoms. The summed E-state index contributed by atoms with van der Waals surface area (Å²) in [7, 11) is 1.69. The molecule has 3 rings (SSSR count). The first-order chi connectivity index (χ1) is 10.3. The maximum atomic E-state index is 13.0. The number of hydrogen-bond acceptors (Lipinski definition) is 2. The lowest BCUT2D eigenvalue weighted by atomic mass is 10.0. The second-order valence-electron chi connectivity index (χ2n) is 5.53. The van der Waals surface area contributed by atoms with Gasteiger partial charge in [0, 0.05) is 12.6 Å². The first kappa shape index (κ1) is 14.1. The molecule has 2 nitrogen and oxygen atoms in total. The second-order valence-corrected chi connectivity index (χ2v) is 5.53. The summed E-state index contributed by atoms with van der Waals surface area (Å²) in [5.74, 6) is 0.716. The zero-order valence-electron chi connectivity index (χ0n) is 12.3. The van der Waals surface area contributed by atoms with E-state index in [2.05, 4.69) is 17.0 Å². The van der Waals surface area contributed by atoms with E-state index in [1.165, 1.54) is 30.5 Å². The minimum absolute atomic E-state index is 0.174. The van der Waals surface area contributed by atoms with Gasteiger partial charge in [-0.3, -0.25) is 4.90 Å². The third-order valence-electron chi connectivity index (χ3n) is 4.16. The first-order valence-electron chi connectivity index (χ1n) is 7.39. The molecule has 0 aliphatic carbocycles. The van der Waals surface area contributed by atoms with E-state index in [1.54, 1.807) is 7.11 Å². The highest BCUT2D eigenvalue weighted by Gasteiger charge is 2.25. The number of methoxy groups -OCH3 is 1. The van der Waals surface area contributed by atoms with Crippen molar-refractivity contribution in [2.75, 3.05) is 13.7 Å². The molecule has 1 unspecified atom stereocenters. The number of ether oxygens (including phenoxy) is 1. The number of nitrogens with zero attached hydrogens (tertiary/aromatic N) is 1. The van der Waals surface area contributed by atoms with Gasteiger partial charge >= 0.3 is 0 Å². The lowest BCUT2D eigenvalue weighted by Gasteiger charge is -2.25. The van der Waals surface area contributed by atoms with Crippen molar-refractivity contribution in [3.63, 3.8) is 0 Å². The number of benzene rings is 2. The van der Waals surface area contributed by atoms with E-state index in [0.717, 1.165) is 24.4 Å². The van der Waals surface area contributed by atoms with Gasteiger partial charge in [-0.2, -0.15) is 0 Å². The molecule has 21 heavy (non-hydrogen) atoms. The zero-order chi connectivity index (χ0) is 14.7. The van der Waals surface area contributed by atoms with Crippen molar-refractivity contribution < 1.29 is 9.13 Å². The van der Waals surface area contributed by atoms with Gasteiger partial charge in [-0.25, -0.2) is 4.39 Å². The van der Waals surface area contributed by atoms with Crippen LogP contribution >= 0.6 is 0 Å². The molecule has 0 spiro atoms. The monoisotopic (exact) mass is 285 g/mol. The van der Waals surface area contributed by atoms with Crippen molar-refractivity contribution >= 4 is 0 Å².